The van der Waals surface area contributed by atoms with Crippen LogP contribution in [-0.2, 0) is 19.1 Å². The van der Waals surface area contributed by atoms with Gasteiger partial charge in [-0.3, -0.25) is 14.4 Å². The standard InChI is InChI=1S/C20H21ClN2O5/c1-13-7-8-14(21)11-16(13)23-19(25)12-28-20(26)10-9-18(24)22-15-5-3-4-6-17(15)27-2/h3-8,11H,9-10,12H2,1-2H3,(H,22,24)(H,23,25). The van der Waals surface area contributed by atoms with Crippen LogP contribution < -0.4 is 15.4 Å². The molecule has 0 saturated heterocycles. The minimum absolute atomic E-state index is 0.0775. The maximum atomic E-state index is 12.0. The van der Waals surface area contributed by atoms with Gasteiger partial charge >= 0.3 is 5.97 Å². The molecule has 0 aliphatic rings. The Morgan fingerprint density at radius 1 is 0.964 bits per heavy atom. The molecule has 0 unspecified atom stereocenters. The zero-order chi connectivity index (χ0) is 20.5. The summed E-state index contributed by atoms with van der Waals surface area (Å²) in [6, 6.07) is 12.0. The van der Waals surface area contributed by atoms with Crippen molar-refractivity contribution >= 4 is 40.8 Å². The topological polar surface area (TPSA) is 93.7 Å². The first kappa shape index (κ1) is 21.2. The predicted molar refractivity (Wildman–Crippen MR) is 107 cm³/mol. The molecule has 28 heavy (non-hydrogen) atoms. The van der Waals surface area contributed by atoms with Gasteiger partial charge in [-0.05, 0) is 36.8 Å². The Balaban J connectivity index is 1.74. The van der Waals surface area contributed by atoms with E-state index in [1.54, 1.807) is 42.5 Å². The number of hydrogen-bond donors (Lipinski definition) is 2. The van der Waals surface area contributed by atoms with Gasteiger partial charge in [0.25, 0.3) is 5.91 Å². The molecule has 0 spiro atoms. The molecule has 0 saturated carbocycles. The van der Waals surface area contributed by atoms with E-state index in [2.05, 4.69) is 10.6 Å². The lowest BCUT2D eigenvalue weighted by molar-refractivity contribution is -0.147. The van der Waals surface area contributed by atoms with Gasteiger partial charge < -0.3 is 20.1 Å². The summed E-state index contributed by atoms with van der Waals surface area (Å²) in [5.74, 6) is -0.975. The number of aryl methyl sites for hydroxylation is 1. The number of esters is 1. The Morgan fingerprint density at radius 3 is 2.43 bits per heavy atom. The molecule has 2 aromatic carbocycles. The van der Waals surface area contributed by atoms with Gasteiger partial charge in [-0.15, -0.1) is 0 Å². The van der Waals surface area contributed by atoms with E-state index in [0.29, 0.717) is 22.1 Å². The summed E-state index contributed by atoms with van der Waals surface area (Å²) in [5.41, 5.74) is 1.89. The van der Waals surface area contributed by atoms with Crippen LogP contribution in [0.25, 0.3) is 0 Å². The third kappa shape index (κ3) is 6.59. The van der Waals surface area contributed by atoms with Crippen molar-refractivity contribution in [2.75, 3.05) is 24.4 Å². The summed E-state index contributed by atoms with van der Waals surface area (Å²) in [4.78, 5) is 35.6. The van der Waals surface area contributed by atoms with Crippen molar-refractivity contribution in [1.82, 2.24) is 0 Å². The number of benzene rings is 2. The van der Waals surface area contributed by atoms with Gasteiger partial charge in [-0.1, -0.05) is 29.8 Å². The van der Waals surface area contributed by atoms with Crippen LogP contribution in [0.4, 0.5) is 11.4 Å². The van der Waals surface area contributed by atoms with Crippen molar-refractivity contribution in [3.05, 3.63) is 53.1 Å². The van der Waals surface area contributed by atoms with Crippen LogP contribution in [0.1, 0.15) is 18.4 Å². The van der Waals surface area contributed by atoms with Crippen LogP contribution in [0.3, 0.4) is 0 Å². The highest BCUT2D eigenvalue weighted by molar-refractivity contribution is 6.31. The third-order valence-electron chi connectivity index (χ3n) is 3.78. The molecule has 0 fully saturated rings. The molecule has 0 heterocycles. The monoisotopic (exact) mass is 404 g/mol. The fourth-order valence-electron chi connectivity index (χ4n) is 2.31. The number of carbonyl (C=O) groups is 3. The molecule has 0 aliphatic carbocycles. The van der Waals surface area contributed by atoms with E-state index in [9.17, 15) is 14.4 Å². The normalized spacial score (nSPS) is 10.1. The Kier molecular flexibility index (Phi) is 7.83. The zero-order valence-electron chi connectivity index (χ0n) is 15.6. The molecule has 2 amide bonds. The van der Waals surface area contributed by atoms with Crippen molar-refractivity contribution in [2.45, 2.75) is 19.8 Å². The van der Waals surface area contributed by atoms with Crippen molar-refractivity contribution in [1.29, 1.82) is 0 Å². The average molecular weight is 405 g/mol. The number of methoxy groups -OCH3 is 1. The van der Waals surface area contributed by atoms with Gasteiger partial charge in [0, 0.05) is 17.1 Å². The maximum absolute atomic E-state index is 12.0. The van der Waals surface area contributed by atoms with Crippen LogP contribution >= 0.6 is 11.6 Å². The first-order valence-corrected chi connectivity index (χ1v) is 8.91. The summed E-state index contributed by atoms with van der Waals surface area (Å²) in [6.07, 6.45) is -0.226. The number of rotatable bonds is 8. The highest BCUT2D eigenvalue weighted by Crippen LogP contribution is 2.23. The second-order valence-corrected chi connectivity index (χ2v) is 6.35. The van der Waals surface area contributed by atoms with Gasteiger partial charge in [0.15, 0.2) is 6.61 Å². The number of nitrogens with one attached hydrogen (secondary N) is 2. The number of ether oxygens (including phenoxy) is 2. The molecule has 0 radical (unpaired) electrons. The molecule has 2 aromatic rings. The second-order valence-electron chi connectivity index (χ2n) is 5.92. The summed E-state index contributed by atoms with van der Waals surface area (Å²) >= 11 is 5.89. The van der Waals surface area contributed by atoms with Crippen molar-refractivity contribution < 1.29 is 23.9 Å². The lowest BCUT2D eigenvalue weighted by Crippen LogP contribution is -2.22. The second kappa shape index (κ2) is 10.3. The summed E-state index contributed by atoms with van der Waals surface area (Å²) < 4.78 is 10.0. The highest BCUT2D eigenvalue weighted by Gasteiger charge is 2.13. The molecule has 0 aliphatic heterocycles. The van der Waals surface area contributed by atoms with E-state index in [0.717, 1.165) is 5.56 Å². The molecular formula is C20H21ClN2O5. The lowest BCUT2D eigenvalue weighted by Gasteiger charge is -2.10. The smallest absolute Gasteiger partial charge is 0.306 e. The molecular weight excluding hydrogens is 384 g/mol. The largest absolute Gasteiger partial charge is 0.495 e. The minimum Gasteiger partial charge on any atom is -0.495 e. The van der Waals surface area contributed by atoms with Crippen LogP contribution in [0.2, 0.25) is 5.02 Å². The Morgan fingerprint density at radius 2 is 1.68 bits per heavy atom. The Hall–Kier alpha value is -3.06. The summed E-state index contributed by atoms with van der Waals surface area (Å²) in [5, 5.41) is 5.77. The minimum atomic E-state index is -0.645. The number of amides is 2. The molecule has 2 rings (SSSR count). The zero-order valence-corrected chi connectivity index (χ0v) is 16.3. The van der Waals surface area contributed by atoms with Gasteiger partial charge in [-0.2, -0.15) is 0 Å². The number of hydrogen-bond acceptors (Lipinski definition) is 5. The van der Waals surface area contributed by atoms with Crippen LogP contribution in [0.5, 0.6) is 5.75 Å². The number of halogens is 1. The first-order valence-electron chi connectivity index (χ1n) is 8.53. The summed E-state index contributed by atoms with van der Waals surface area (Å²) in [7, 11) is 1.50. The van der Waals surface area contributed by atoms with Gasteiger partial charge in [0.1, 0.15) is 5.75 Å². The molecule has 0 bridgehead atoms. The fourth-order valence-corrected chi connectivity index (χ4v) is 2.48. The van der Waals surface area contributed by atoms with E-state index in [1.165, 1.54) is 7.11 Å². The Bertz CT molecular complexity index is 869. The first-order chi connectivity index (χ1) is 13.4. The average Bonchev–Trinajstić information content (AvgIpc) is 2.68. The van der Waals surface area contributed by atoms with Gasteiger partial charge in [0.05, 0.1) is 19.2 Å². The highest BCUT2D eigenvalue weighted by atomic mass is 35.5. The van der Waals surface area contributed by atoms with Crippen molar-refractivity contribution in [3.8, 4) is 5.75 Å². The fraction of sp³-hybridized carbons (Fsp3) is 0.250. The van der Waals surface area contributed by atoms with Crippen molar-refractivity contribution in [3.63, 3.8) is 0 Å². The number of anilines is 2. The number of para-hydroxylation sites is 2. The molecule has 8 heteroatoms. The molecule has 0 atom stereocenters. The van der Waals surface area contributed by atoms with Crippen molar-refractivity contribution in [2.24, 2.45) is 0 Å². The SMILES string of the molecule is COc1ccccc1NC(=O)CCC(=O)OCC(=O)Nc1cc(Cl)ccc1C. The molecule has 2 N–H and O–H groups in total. The van der Waals surface area contributed by atoms with E-state index < -0.39 is 18.5 Å². The molecule has 0 aromatic heterocycles. The third-order valence-corrected chi connectivity index (χ3v) is 4.01. The molecule has 148 valence electrons. The van der Waals surface area contributed by atoms with E-state index in [-0.39, 0.29) is 18.7 Å². The van der Waals surface area contributed by atoms with E-state index >= 15 is 0 Å². The quantitative estimate of drug-likeness (QED) is 0.656. The van der Waals surface area contributed by atoms with Gasteiger partial charge in [-0.25, -0.2) is 0 Å². The van der Waals surface area contributed by atoms with Crippen LogP contribution in [0.15, 0.2) is 42.5 Å². The van der Waals surface area contributed by atoms with E-state index in [1.807, 2.05) is 6.92 Å². The lowest BCUT2D eigenvalue weighted by atomic mass is 10.2. The predicted octanol–water partition coefficient (Wildman–Crippen LogP) is 3.56. The summed E-state index contributed by atoms with van der Waals surface area (Å²) in [6.45, 7) is 1.37. The Labute approximate surface area is 168 Å². The number of carbonyl (C=O) groups excluding carboxylic acids is 3. The van der Waals surface area contributed by atoms with Crippen LogP contribution in [0, 0.1) is 6.92 Å². The van der Waals surface area contributed by atoms with Gasteiger partial charge in [0.2, 0.25) is 5.91 Å². The van der Waals surface area contributed by atoms with E-state index in [4.69, 9.17) is 21.1 Å². The van der Waals surface area contributed by atoms with Crippen LogP contribution in [-0.4, -0.2) is 31.5 Å². The molecule has 7 nitrogen and oxygen atoms in total. The maximum Gasteiger partial charge on any atom is 0.306 e.